The fourth-order valence-corrected chi connectivity index (χ4v) is 1.57. The number of amides is 1. The van der Waals surface area contributed by atoms with Crippen molar-refractivity contribution in [3.8, 4) is 5.75 Å². The third kappa shape index (κ3) is 5.46. The monoisotopic (exact) mass is 288 g/mol. The highest BCUT2D eigenvalue weighted by Crippen LogP contribution is 2.19. The Balaban J connectivity index is 0.00000324. The Hall–Kier alpha value is -1.30. The zero-order chi connectivity index (χ0) is 13.5. The molecular weight excluding hydrogens is 268 g/mol. The molecule has 19 heavy (non-hydrogen) atoms. The lowest BCUT2D eigenvalue weighted by molar-refractivity contribution is -0.123. The van der Waals surface area contributed by atoms with Gasteiger partial charge in [0.05, 0.1) is 13.7 Å². The van der Waals surface area contributed by atoms with Crippen molar-refractivity contribution >= 4 is 18.3 Å². The first-order chi connectivity index (χ1) is 8.58. The number of benzene rings is 1. The summed E-state index contributed by atoms with van der Waals surface area (Å²) in [5, 5.41) is 2.75. The van der Waals surface area contributed by atoms with Crippen LogP contribution in [0.5, 0.6) is 5.75 Å². The number of carbonyl (C=O) groups is 1. The molecule has 0 heterocycles. The summed E-state index contributed by atoms with van der Waals surface area (Å²) in [4.78, 5) is 11.6. The van der Waals surface area contributed by atoms with Crippen LogP contribution in [0.2, 0.25) is 0 Å². The lowest BCUT2D eigenvalue weighted by atomic mass is 10.1. The van der Waals surface area contributed by atoms with Crippen molar-refractivity contribution in [2.45, 2.75) is 19.5 Å². The topological polar surface area (TPSA) is 73.6 Å². The molecule has 0 saturated carbocycles. The first-order valence-corrected chi connectivity index (χ1v) is 5.74. The van der Waals surface area contributed by atoms with Gasteiger partial charge in [0.25, 0.3) is 0 Å². The molecule has 1 amide bonds. The zero-order valence-electron chi connectivity index (χ0n) is 11.4. The summed E-state index contributed by atoms with van der Waals surface area (Å²) in [5.74, 6) is 0.523. The van der Waals surface area contributed by atoms with Gasteiger partial charge in [-0.3, -0.25) is 4.79 Å². The van der Waals surface area contributed by atoms with E-state index in [0.717, 1.165) is 16.9 Å². The summed E-state index contributed by atoms with van der Waals surface area (Å²) in [5.41, 5.74) is 7.65. The first kappa shape index (κ1) is 17.7. The molecule has 6 heteroatoms. The number of hydrogen-bond donors (Lipinski definition) is 2. The van der Waals surface area contributed by atoms with Gasteiger partial charge in [0.2, 0.25) is 5.91 Å². The molecule has 1 aromatic carbocycles. The van der Waals surface area contributed by atoms with E-state index in [1.807, 2.05) is 25.1 Å². The lowest BCUT2D eigenvalue weighted by Crippen LogP contribution is -2.43. The number of nitrogens with one attached hydrogen (secondary N) is 1. The Labute approximate surface area is 119 Å². The first-order valence-electron chi connectivity index (χ1n) is 5.74. The van der Waals surface area contributed by atoms with Crippen molar-refractivity contribution in [2.75, 3.05) is 20.8 Å². The highest BCUT2D eigenvalue weighted by Gasteiger charge is 2.13. The van der Waals surface area contributed by atoms with E-state index in [1.165, 1.54) is 7.11 Å². The number of hydrogen-bond acceptors (Lipinski definition) is 4. The van der Waals surface area contributed by atoms with Gasteiger partial charge in [-0.25, -0.2) is 0 Å². The quantitative estimate of drug-likeness (QED) is 0.819. The number of halogens is 1. The van der Waals surface area contributed by atoms with Crippen LogP contribution in [0.4, 0.5) is 0 Å². The Morgan fingerprint density at radius 3 is 2.68 bits per heavy atom. The average Bonchev–Trinajstić information content (AvgIpc) is 2.37. The standard InChI is InChI=1S/C13H20N2O3.ClH/c1-9-4-5-10(12(6-9)18-3)7-15-13(16)11(14)8-17-2;/h4-6,11H,7-8,14H2,1-3H3,(H,15,16);1H. The Kier molecular flexibility index (Phi) is 8.14. The molecule has 108 valence electrons. The van der Waals surface area contributed by atoms with Crippen LogP contribution in [-0.4, -0.2) is 32.8 Å². The second-order valence-electron chi connectivity index (χ2n) is 4.09. The van der Waals surface area contributed by atoms with Crippen LogP contribution >= 0.6 is 12.4 Å². The molecular formula is C13H21ClN2O3. The van der Waals surface area contributed by atoms with Crippen molar-refractivity contribution in [3.05, 3.63) is 29.3 Å². The molecule has 0 aliphatic rings. The van der Waals surface area contributed by atoms with Gasteiger partial charge in [-0.1, -0.05) is 12.1 Å². The molecule has 0 bridgehead atoms. The smallest absolute Gasteiger partial charge is 0.239 e. The van der Waals surface area contributed by atoms with E-state index in [2.05, 4.69) is 5.32 Å². The fourth-order valence-electron chi connectivity index (χ4n) is 1.57. The van der Waals surface area contributed by atoms with Gasteiger partial charge in [0.1, 0.15) is 11.8 Å². The minimum Gasteiger partial charge on any atom is -0.496 e. The van der Waals surface area contributed by atoms with E-state index >= 15 is 0 Å². The van der Waals surface area contributed by atoms with Gasteiger partial charge in [0.15, 0.2) is 0 Å². The largest absolute Gasteiger partial charge is 0.496 e. The molecule has 0 radical (unpaired) electrons. The summed E-state index contributed by atoms with van der Waals surface area (Å²) < 4.78 is 10.1. The molecule has 1 atom stereocenters. The van der Waals surface area contributed by atoms with Crippen LogP contribution in [-0.2, 0) is 16.1 Å². The Morgan fingerprint density at radius 2 is 2.11 bits per heavy atom. The van der Waals surface area contributed by atoms with Crippen LogP contribution in [0.15, 0.2) is 18.2 Å². The molecule has 0 fully saturated rings. The van der Waals surface area contributed by atoms with E-state index in [0.29, 0.717) is 6.54 Å². The predicted molar refractivity (Wildman–Crippen MR) is 76.7 cm³/mol. The molecule has 0 saturated heterocycles. The van der Waals surface area contributed by atoms with Crippen LogP contribution in [0, 0.1) is 6.92 Å². The van der Waals surface area contributed by atoms with E-state index in [-0.39, 0.29) is 24.9 Å². The highest BCUT2D eigenvalue weighted by molar-refractivity contribution is 5.85. The predicted octanol–water partition coefficient (Wildman–Crippen LogP) is 1.02. The van der Waals surface area contributed by atoms with Crippen molar-refractivity contribution in [3.63, 3.8) is 0 Å². The third-order valence-corrected chi connectivity index (χ3v) is 2.58. The minimum atomic E-state index is -0.647. The summed E-state index contributed by atoms with van der Waals surface area (Å²) in [6.45, 7) is 2.58. The van der Waals surface area contributed by atoms with Crippen molar-refractivity contribution in [1.29, 1.82) is 0 Å². The molecule has 0 spiro atoms. The SMILES string of the molecule is COCC(N)C(=O)NCc1ccc(C)cc1OC.Cl. The van der Waals surface area contributed by atoms with Gasteiger partial charge >= 0.3 is 0 Å². The van der Waals surface area contributed by atoms with Crippen LogP contribution in [0.1, 0.15) is 11.1 Å². The molecule has 0 aliphatic heterocycles. The van der Waals surface area contributed by atoms with Gasteiger partial charge in [-0.05, 0) is 18.6 Å². The zero-order valence-corrected chi connectivity index (χ0v) is 12.3. The molecule has 3 N–H and O–H groups in total. The van der Waals surface area contributed by atoms with Crippen molar-refractivity contribution in [1.82, 2.24) is 5.32 Å². The number of nitrogens with two attached hydrogens (primary N) is 1. The fraction of sp³-hybridized carbons (Fsp3) is 0.462. The molecule has 5 nitrogen and oxygen atoms in total. The summed E-state index contributed by atoms with van der Waals surface area (Å²) in [7, 11) is 3.12. The van der Waals surface area contributed by atoms with E-state index in [9.17, 15) is 4.79 Å². The van der Waals surface area contributed by atoms with Crippen LogP contribution in [0.3, 0.4) is 0 Å². The van der Waals surface area contributed by atoms with Crippen LogP contribution in [0.25, 0.3) is 0 Å². The molecule has 1 rings (SSSR count). The number of methoxy groups -OCH3 is 2. The van der Waals surface area contributed by atoms with E-state index in [1.54, 1.807) is 7.11 Å². The number of rotatable bonds is 6. The third-order valence-electron chi connectivity index (χ3n) is 2.58. The minimum absolute atomic E-state index is 0. The number of ether oxygens (including phenoxy) is 2. The molecule has 1 aromatic rings. The van der Waals surface area contributed by atoms with Gasteiger partial charge in [-0.15, -0.1) is 12.4 Å². The maximum atomic E-state index is 11.6. The molecule has 0 aromatic heterocycles. The number of carbonyl (C=O) groups excluding carboxylic acids is 1. The normalized spacial score (nSPS) is 11.4. The highest BCUT2D eigenvalue weighted by atomic mass is 35.5. The van der Waals surface area contributed by atoms with Crippen LogP contribution < -0.4 is 15.8 Å². The summed E-state index contributed by atoms with van der Waals surface area (Å²) >= 11 is 0. The maximum Gasteiger partial charge on any atom is 0.239 e. The summed E-state index contributed by atoms with van der Waals surface area (Å²) in [6.07, 6.45) is 0. The van der Waals surface area contributed by atoms with Crippen molar-refractivity contribution < 1.29 is 14.3 Å². The van der Waals surface area contributed by atoms with E-state index in [4.69, 9.17) is 15.2 Å². The van der Waals surface area contributed by atoms with Gasteiger partial charge in [0, 0.05) is 19.2 Å². The van der Waals surface area contributed by atoms with Crippen molar-refractivity contribution in [2.24, 2.45) is 5.73 Å². The van der Waals surface area contributed by atoms with Gasteiger partial charge < -0.3 is 20.5 Å². The average molecular weight is 289 g/mol. The molecule has 0 aliphatic carbocycles. The lowest BCUT2D eigenvalue weighted by Gasteiger charge is -2.13. The number of aryl methyl sites for hydroxylation is 1. The van der Waals surface area contributed by atoms with Gasteiger partial charge in [-0.2, -0.15) is 0 Å². The maximum absolute atomic E-state index is 11.6. The second-order valence-corrected chi connectivity index (χ2v) is 4.09. The summed E-state index contributed by atoms with van der Waals surface area (Å²) in [6, 6.07) is 5.18. The molecule has 1 unspecified atom stereocenters. The Morgan fingerprint density at radius 1 is 1.42 bits per heavy atom. The van der Waals surface area contributed by atoms with E-state index < -0.39 is 6.04 Å². The Bertz CT molecular complexity index is 413. The second kappa shape index (κ2) is 8.74.